The van der Waals surface area contributed by atoms with Crippen LogP contribution in [0.3, 0.4) is 0 Å². The van der Waals surface area contributed by atoms with Crippen LogP contribution >= 0.6 is 0 Å². The maximum absolute atomic E-state index is 12.6. The third-order valence-corrected chi connectivity index (χ3v) is 4.82. The van der Waals surface area contributed by atoms with Gasteiger partial charge in [-0.3, -0.25) is 9.59 Å². The van der Waals surface area contributed by atoms with E-state index in [9.17, 15) is 9.59 Å². The number of likely N-dealkylation sites (tertiary alicyclic amines) is 1. The molecular formula is C18H24N2O3. The van der Waals surface area contributed by atoms with E-state index in [2.05, 4.69) is 5.32 Å². The second-order valence-corrected chi connectivity index (χ2v) is 6.61. The van der Waals surface area contributed by atoms with Gasteiger partial charge in [0, 0.05) is 33.2 Å². The third-order valence-electron chi connectivity index (χ3n) is 4.82. The van der Waals surface area contributed by atoms with Gasteiger partial charge in [-0.15, -0.1) is 0 Å². The lowest BCUT2D eigenvalue weighted by atomic mass is 9.93. The number of benzene rings is 1. The molecule has 3 rings (SSSR count). The van der Waals surface area contributed by atoms with E-state index in [1.165, 1.54) is 0 Å². The number of rotatable bonds is 5. The molecule has 0 aliphatic carbocycles. The molecule has 2 heterocycles. The number of hydrogen-bond donors (Lipinski definition) is 1. The summed E-state index contributed by atoms with van der Waals surface area (Å²) in [6, 6.07) is 10.0. The molecule has 0 unspecified atom stereocenters. The normalized spacial score (nSPS) is 25.6. The molecule has 0 radical (unpaired) electrons. The molecule has 1 aromatic carbocycles. The Bertz CT molecular complexity index is 555. The fourth-order valence-electron chi connectivity index (χ4n) is 3.39. The quantitative estimate of drug-likeness (QED) is 0.900. The van der Waals surface area contributed by atoms with Gasteiger partial charge in [-0.05, 0) is 24.3 Å². The summed E-state index contributed by atoms with van der Waals surface area (Å²) >= 11 is 0. The highest BCUT2D eigenvalue weighted by molar-refractivity contribution is 5.89. The van der Waals surface area contributed by atoms with Crippen molar-refractivity contribution in [2.75, 3.05) is 26.8 Å². The maximum atomic E-state index is 12.6. The summed E-state index contributed by atoms with van der Waals surface area (Å²) in [6.07, 6.45) is 2.24. The first kappa shape index (κ1) is 16.0. The van der Waals surface area contributed by atoms with Crippen molar-refractivity contribution in [2.24, 2.45) is 11.8 Å². The van der Waals surface area contributed by atoms with E-state index in [-0.39, 0.29) is 23.8 Å². The number of ether oxygens (including phenoxy) is 1. The molecule has 0 spiro atoms. The average Bonchev–Trinajstić information content (AvgIpc) is 3.18. The molecule has 23 heavy (non-hydrogen) atoms. The first-order chi connectivity index (χ1) is 11.1. The van der Waals surface area contributed by atoms with Gasteiger partial charge in [-0.1, -0.05) is 30.3 Å². The van der Waals surface area contributed by atoms with E-state index in [0.29, 0.717) is 18.9 Å². The summed E-state index contributed by atoms with van der Waals surface area (Å²) in [7, 11) is 1.75. The zero-order valence-electron chi connectivity index (χ0n) is 13.5. The number of carbonyl (C=O) groups is 2. The summed E-state index contributed by atoms with van der Waals surface area (Å²) in [4.78, 5) is 25.9. The Hall–Kier alpha value is -1.88. The van der Waals surface area contributed by atoms with Crippen molar-refractivity contribution in [2.45, 2.75) is 25.3 Å². The lowest BCUT2D eigenvalue weighted by molar-refractivity contribution is -0.128. The van der Waals surface area contributed by atoms with Crippen LogP contribution in [-0.4, -0.2) is 43.5 Å². The average molecular weight is 316 g/mol. The predicted octanol–water partition coefficient (Wildman–Crippen LogP) is 1.75. The van der Waals surface area contributed by atoms with Crippen LogP contribution in [0.5, 0.6) is 0 Å². The largest absolute Gasteiger partial charge is 0.381 e. The molecule has 2 fully saturated rings. The summed E-state index contributed by atoms with van der Waals surface area (Å²) in [5.41, 5.74) is 1.12. The number of nitrogens with zero attached hydrogens (tertiary/aromatic N) is 1. The van der Waals surface area contributed by atoms with Crippen LogP contribution in [0.15, 0.2) is 30.3 Å². The molecule has 3 atom stereocenters. The minimum atomic E-state index is -0.237. The number of hydrogen-bond acceptors (Lipinski definition) is 3. The van der Waals surface area contributed by atoms with Crippen molar-refractivity contribution >= 4 is 11.8 Å². The van der Waals surface area contributed by atoms with E-state index in [1.54, 1.807) is 11.9 Å². The minimum absolute atomic E-state index is 0.0172. The minimum Gasteiger partial charge on any atom is -0.381 e. The molecule has 1 N–H and O–H groups in total. The van der Waals surface area contributed by atoms with Crippen LogP contribution in [0.2, 0.25) is 0 Å². The van der Waals surface area contributed by atoms with Gasteiger partial charge in [0.05, 0.1) is 12.0 Å². The van der Waals surface area contributed by atoms with E-state index in [4.69, 9.17) is 4.74 Å². The fourth-order valence-corrected chi connectivity index (χ4v) is 3.39. The SMILES string of the molecule is CN1C[C@H](C(=O)N[C@@H](C[C@@H]2CCOC2)c2ccccc2)CC1=O. The highest BCUT2D eigenvalue weighted by atomic mass is 16.5. The Balaban J connectivity index is 1.68. The zero-order valence-corrected chi connectivity index (χ0v) is 13.5. The lowest BCUT2D eigenvalue weighted by Crippen LogP contribution is -2.36. The lowest BCUT2D eigenvalue weighted by Gasteiger charge is -2.23. The topological polar surface area (TPSA) is 58.6 Å². The first-order valence-corrected chi connectivity index (χ1v) is 8.30. The molecule has 2 aliphatic rings. The van der Waals surface area contributed by atoms with Crippen LogP contribution in [0.4, 0.5) is 0 Å². The van der Waals surface area contributed by atoms with Gasteiger partial charge in [0.25, 0.3) is 0 Å². The van der Waals surface area contributed by atoms with Gasteiger partial charge in [-0.25, -0.2) is 0 Å². The molecule has 1 aromatic rings. The van der Waals surface area contributed by atoms with Crippen LogP contribution in [-0.2, 0) is 14.3 Å². The van der Waals surface area contributed by atoms with Crippen molar-refractivity contribution in [3.8, 4) is 0 Å². The predicted molar refractivity (Wildman–Crippen MR) is 86.6 cm³/mol. The van der Waals surface area contributed by atoms with E-state index in [1.807, 2.05) is 30.3 Å². The van der Waals surface area contributed by atoms with Gasteiger partial charge < -0.3 is 15.0 Å². The van der Waals surface area contributed by atoms with Crippen LogP contribution in [0.1, 0.15) is 30.9 Å². The number of carbonyl (C=O) groups excluding carboxylic acids is 2. The van der Waals surface area contributed by atoms with Crippen LogP contribution < -0.4 is 5.32 Å². The van der Waals surface area contributed by atoms with Crippen molar-refractivity contribution in [1.29, 1.82) is 0 Å². The monoisotopic (exact) mass is 316 g/mol. The zero-order chi connectivity index (χ0) is 16.2. The van der Waals surface area contributed by atoms with Crippen molar-refractivity contribution in [3.63, 3.8) is 0 Å². The molecule has 0 aromatic heterocycles. The first-order valence-electron chi connectivity index (χ1n) is 8.30. The van der Waals surface area contributed by atoms with Crippen LogP contribution in [0.25, 0.3) is 0 Å². The Morgan fingerprint density at radius 2 is 2.17 bits per heavy atom. The standard InChI is InChI=1S/C18H24N2O3/c1-20-11-15(10-17(20)21)18(22)19-16(9-13-7-8-23-12-13)14-5-3-2-4-6-14/h2-6,13,15-16H,7-12H2,1H3,(H,19,22)/t13-,15+,16-/m0/s1. The maximum Gasteiger partial charge on any atom is 0.225 e. The highest BCUT2D eigenvalue weighted by Crippen LogP contribution is 2.27. The van der Waals surface area contributed by atoms with Crippen molar-refractivity contribution in [3.05, 3.63) is 35.9 Å². The van der Waals surface area contributed by atoms with E-state index < -0.39 is 0 Å². The number of amides is 2. The molecular weight excluding hydrogens is 292 g/mol. The van der Waals surface area contributed by atoms with Crippen molar-refractivity contribution < 1.29 is 14.3 Å². The van der Waals surface area contributed by atoms with Crippen LogP contribution in [0, 0.1) is 11.8 Å². The van der Waals surface area contributed by atoms with Crippen molar-refractivity contribution in [1.82, 2.24) is 10.2 Å². The van der Waals surface area contributed by atoms with E-state index in [0.717, 1.165) is 31.6 Å². The van der Waals surface area contributed by atoms with Gasteiger partial charge in [0.1, 0.15) is 0 Å². The van der Waals surface area contributed by atoms with Gasteiger partial charge in [0.15, 0.2) is 0 Å². The number of nitrogens with one attached hydrogen (secondary N) is 1. The fraction of sp³-hybridized carbons (Fsp3) is 0.556. The molecule has 5 heteroatoms. The molecule has 2 aliphatic heterocycles. The molecule has 0 bridgehead atoms. The summed E-state index contributed by atoms with van der Waals surface area (Å²) in [6.45, 7) is 2.09. The Kier molecular flexibility index (Phi) is 4.96. The van der Waals surface area contributed by atoms with Gasteiger partial charge in [0.2, 0.25) is 11.8 Å². The second kappa shape index (κ2) is 7.13. The molecule has 0 saturated carbocycles. The Morgan fingerprint density at radius 3 is 2.78 bits per heavy atom. The van der Waals surface area contributed by atoms with Gasteiger partial charge in [-0.2, -0.15) is 0 Å². The smallest absolute Gasteiger partial charge is 0.225 e. The Morgan fingerprint density at radius 1 is 1.39 bits per heavy atom. The van der Waals surface area contributed by atoms with Gasteiger partial charge >= 0.3 is 0 Å². The summed E-state index contributed by atoms with van der Waals surface area (Å²) in [5.74, 6) is 0.271. The van der Waals surface area contributed by atoms with E-state index >= 15 is 0 Å². The molecule has 124 valence electrons. The molecule has 2 saturated heterocycles. The third kappa shape index (κ3) is 3.91. The molecule has 2 amide bonds. The summed E-state index contributed by atoms with van der Waals surface area (Å²) < 4.78 is 5.46. The summed E-state index contributed by atoms with van der Waals surface area (Å²) in [5, 5.41) is 3.17. The Labute approximate surface area is 137 Å². The second-order valence-electron chi connectivity index (χ2n) is 6.61. The highest BCUT2D eigenvalue weighted by Gasteiger charge is 2.33. The molecule has 5 nitrogen and oxygen atoms in total.